The Morgan fingerprint density at radius 2 is 0.625 bits per heavy atom. The van der Waals surface area contributed by atoms with E-state index in [-0.39, 0.29) is 6.42 Å². The maximum Gasteiger partial charge on any atom is 0.303 e. The highest BCUT2D eigenvalue weighted by molar-refractivity contribution is 5.66. The molecule has 0 fully saturated rings. The fraction of sp³-hybridized carbons (Fsp3) is 0.970. The van der Waals surface area contributed by atoms with E-state index in [0.29, 0.717) is 6.42 Å². The fourth-order valence-corrected chi connectivity index (χ4v) is 4.99. The van der Waals surface area contributed by atoms with E-state index in [1.165, 1.54) is 122 Å². The van der Waals surface area contributed by atoms with Crippen LogP contribution in [0.5, 0.6) is 0 Å². The first-order valence-corrected chi connectivity index (χ1v) is 17.5. The van der Waals surface area contributed by atoms with E-state index in [1.54, 1.807) is 0 Å². The molecule has 0 amide bonds. The highest BCUT2D eigenvalue weighted by atomic mass is 16.4. The van der Waals surface area contributed by atoms with Crippen LogP contribution in [0, 0.1) is 0 Å². The lowest BCUT2D eigenvalue weighted by atomic mass is 10.0. The van der Waals surface area contributed by atoms with Crippen LogP contribution >= 0.6 is 0 Å². The Kier molecular flexibility index (Phi) is 35.6. The molecule has 0 aliphatic rings. The SMILES string of the molecule is CCCCCCCCCCCCCCCCCCCNCCNCCNCCCCNCCNCCCC(=O)O. The van der Waals surface area contributed by atoms with Crippen molar-refractivity contribution in [2.24, 2.45) is 0 Å². The van der Waals surface area contributed by atoms with Crippen LogP contribution in [0.15, 0.2) is 0 Å². The molecule has 40 heavy (non-hydrogen) atoms. The van der Waals surface area contributed by atoms with Crippen LogP contribution in [0.1, 0.15) is 142 Å². The molecule has 7 heteroatoms. The van der Waals surface area contributed by atoms with Gasteiger partial charge in [-0.3, -0.25) is 4.79 Å². The van der Waals surface area contributed by atoms with E-state index >= 15 is 0 Å². The molecule has 240 valence electrons. The van der Waals surface area contributed by atoms with Gasteiger partial charge in [0.15, 0.2) is 0 Å². The molecular weight excluding hydrogens is 498 g/mol. The van der Waals surface area contributed by atoms with Crippen LogP contribution in [-0.2, 0) is 4.79 Å². The summed E-state index contributed by atoms with van der Waals surface area (Å²) in [4.78, 5) is 10.4. The van der Waals surface area contributed by atoms with Crippen LogP contribution in [-0.4, -0.2) is 76.5 Å². The highest BCUT2D eigenvalue weighted by Crippen LogP contribution is 2.13. The topological polar surface area (TPSA) is 97.5 Å². The lowest BCUT2D eigenvalue weighted by Gasteiger charge is -2.09. The molecule has 0 bridgehead atoms. The van der Waals surface area contributed by atoms with Crippen molar-refractivity contribution in [3.8, 4) is 0 Å². The van der Waals surface area contributed by atoms with Gasteiger partial charge in [-0.2, -0.15) is 0 Å². The molecule has 0 unspecified atom stereocenters. The first-order valence-electron chi connectivity index (χ1n) is 17.5. The largest absolute Gasteiger partial charge is 0.481 e. The van der Waals surface area contributed by atoms with Crippen LogP contribution in [0.25, 0.3) is 0 Å². The van der Waals surface area contributed by atoms with Gasteiger partial charge in [-0.25, -0.2) is 0 Å². The molecule has 0 saturated heterocycles. The zero-order valence-corrected chi connectivity index (χ0v) is 26.8. The van der Waals surface area contributed by atoms with Crippen molar-refractivity contribution in [2.45, 2.75) is 142 Å². The third-order valence-electron chi connectivity index (χ3n) is 7.59. The molecule has 0 atom stereocenters. The smallest absolute Gasteiger partial charge is 0.303 e. The number of hydrogen-bond acceptors (Lipinski definition) is 6. The molecule has 0 aromatic heterocycles. The van der Waals surface area contributed by atoms with Crippen molar-refractivity contribution in [3.05, 3.63) is 0 Å². The van der Waals surface area contributed by atoms with Gasteiger partial charge in [0.25, 0.3) is 0 Å². The Morgan fingerprint density at radius 3 is 0.950 bits per heavy atom. The third kappa shape index (κ3) is 37.3. The predicted molar refractivity (Wildman–Crippen MR) is 175 cm³/mol. The summed E-state index contributed by atoms with van der Waals surface area (Å²) in [6, 6.07) is 0. The predicted octanol–water partition coefficient (Wildman–Crippen LogP) is 6.23. The van der Waals surface area contributed by atoms with Crippen molar-refractivity contribution >= 4 is 5.97 Å². The van der Waals surface area contributed by atoms with Gasteiger partial charge in [0.05, 0.1) is 0 Å². The Hall–Kier alpha value is -0.730. The van der Waals surface area contributed by atoms with Crippen molar-refractivity contribution in [3.63, 3.8) is 0 Å². The van der Waals surface area contributed by atoms with Crippen molar-refractivity contribution < 1.29 is 9.90 Å². The molecule has 0 aliphatic carbocycles. The maximum atomic E-state index is 10.4. The van der Waals surface area contributed by atoms with Crippen LogP contribution < -0.4 is 26.6 Å². The molecule has 6 N–H and O–H groups in total. The Labute approximate surface area is 249 Å². The summed E-state index contributed by atoms with van der Waals surface area (Å²) < 4.78 is 0. The Bertz CT molecular complexity index is 482. The van der Waals surface area contributed by atoms with Crippen molar-refractivity contribution in [2.75, 3.05) is 65.4 Å². The molecule has 0 aromatic carbocycles. The average Bonchev–Trinajstić information content (AvgIpc) is 2.95. The molecule has 0 heterocycles. The summed E-state index contributed by atoms with van der Waals surface area (Å²) in [5, 5.41) is 25.9. The minimum Gasteiger partial charge on any atom is -0.481 e. The summed E-state index contributed by atoms with van der Waals surface area (Å²) in [6.45, 7) is 12.4. The Balaban J connectivity index is 3.03. The summed E-state index contributed by atoms with van der Waals surface area (Å²) in [6.07, 6.45) is 27.7. The van der Waals surface area contributed by atoms with Gasteiger partial charge in [0.2, 0.25) is 0 Å². The quantitative estimate of drug-likeness (QED) is 0.0498. The van der Waals surface area contributed by atoms with Crippen LogP contribution in [0.3, 0.4) is 0 Å². The lowest BCUT2D eigenvalue weighted by Crippen LogP contribution is -2.33. The van der Waals surface area contributed by atoms with E-state index in [9.17, 15) is 4.79 Å². The molecule has 0 radical (unpaired) electrons. The summed E-state index contributed by atoms with van der Waals surface area (Å²) in [7, 11) is 0. The van der Waals surface area contributed by atoms with Crippen molar-refractivity contribution in [1.82, 2.24) is 26.6 Å². The number of hydrogen-bond donors (Lipinski definition) is 6. The standard InChI is InChI=1S/C33H71N5O2/c1-2-3-4-5-6-7-8-9-10-11-12-13-14-15-16-17-18-23-34-29-31-38-32-30-36-25-20-19-24-35-27-28-37-26-21-22-33(39)40/h34-38H,2-32H2,1H3,(H,39,40). The van der Waals surface area contributed by atoms with Crippen molar-refractivity contribution in [1.29, 1.82) is 0 Å². The van der Waals surface area contributed by atoms with E-state index in [4.69, 9.17) is 5.11 Å². The second kappa shape index (κ2) is 36.3. The number of carbonyl (C=O) groups is 1. The second-order valence-corrected chi connectivity index (χ2v) is 11.6. The minimum absolute atomic E-state index is 0.249. The third-order valence-corrected chi connectivity index (χ3v) is 7.59. The van der Waals surface area contributed by atoms with Gasteiger partial charge >= 0.3 is 5.97 Å². The van der Waals surface area contributed by atoms with E-state index in [2.05, 4.69) is 33.5 Å². The summed E-state index contributed by atoms with van der Waals surface area (Å²) in [5.41, 5.74) is 0. The molecule has 7 nitrogen and oxygen atoms in total. The number of rotatable bonds is 36. The molecule has 0 rings (SSSR count). The van der Waals surface area contributed by atoms with E-state index in [0.717, 1.165) is 65.4 Å². The summed E-state index contributed by atoms with van der Waals surface area (Å²) >= 11 is 0. The first kappa shape index (κ1) is 39.3. The van der Waals surface area contributed by atoms with Gasteiger partial charge in [0.1, 0.15) is 0 Å². The molecule has 0 aliphatic heterocycles. The van der Waals surface area contributed by atoms with Gasteiger partial charge < -0.3 is 31.7 Å². The molecule has 0 saturated carbocycles. The van der Waals surface area contributed by atoms with Gasteiger partial charge in [-0.1, -0.05) is 110 Å². The average molecular weight is 570 g/mol. The number of carboxylic acid groups (broad SMARTS) is 1. The van der Waals surface area contributed by atoms with Gasteiger partial charge in [-0.15, -0.1) is 0 Å². The molecule has 0 aromatic rings. The highest BCUT2D eigenvalue weighted by Gasteiger charge is 1.97. The monoisotopic (exact) mass is 570 g/mol. The Morgan fingerprint density at radius 1 is 0.375 bits per heavy atom. The van der Waals surface area contributed by atoms with Crippen LogP contribution in [0.4, 0.5) is 0 Å². The zero-order valence-electron chi connectivity index (χ0n) is 26.8. The second-order valence-electron chi connectivity index (χ2n) is 11.6. The fourth-order valence-electron chi connectivity index (χ4n) is 4.99. The zero-order chi connectivity index (χ0) is 29.0. The van der Waals surface area contributed by atoms with E-state index in [1.807, 2.05) is 0 Å². The first-order chi connectivity index (χ1) is 19.8. The number of unbranched alkanes of at least 4 members (excludes halogenated alkanes) is 17. The molecular formula is C33H71N5O2. The number of carboxylic acids is 1. The van der Waals surface area contributed by atoms with Gasteiger partial charge in [0, 0.05) is 45.7 Å². The van der Waals surface area contributed by atoms with Gasteiger partial charge in [-0.05, 0) is 51.9 Å². The normalized spacial score (nSPS) is 11.4. The number of aliphatic carboxylic acids is 1. The number of nitrogens with one attached hydrogen (secondary N) is 5. The summed E-state index contributed by atoms with van der Waals surface area (Å²) in [5.74, 6) is -0.715. The molecule has 0 spiro atoms. The minimum atomic E-state index is -0.715. The van der Waals surface area contributed by atoms with Crippen LogP contribution in [0.2, 0.25) is 0 Å². The van der Waals surface area contributed by atoms with E-state index < -0.39 is 5.97 Å². The maximum absolute atomic E-state index is 10.4. The lowest BCUT2D eigenvalue weighted by molar-refractivity contribution is -0.137.